The first-order valence-electron chi connectivity index (χ1n) is 8.62. The molecule has 2 aromatic rings. The fourth-order valence-corrected chi connectivity index (χ4v) is 4.06. The molecular weight excluding hydrogens is 352 g/mol. The maximum atomic E-state index is 12.9. The lowest BCUT2D eigenvalue weighted by molar-refractivity contribution is 0.0746. The zero-order valence-corrected chi connectivity index (χ0v) is 15.4. The van der Waals surface area contributed by atoms with Crippen LogP contribution < -0.4 is 9.80 Å². The Labute approximate surface area is 155 Å². The summed E-state index contributed by atoms with van der Waals surface area (Å²) < 4.78 is 4.97. The lowest BCUT2D eigenvalue weighted by Gasteiger charge is -2.34. The highest BCUT2D eigenvalue weighted by atomic mass is 32.1. The average molecular weight is 372 g/mol. The van der Waals surface area contributed by atoms with Crippen molar-refractivity contribution in [3.63, 3.8) is 0 Å². The molecular formula is C18H20N4O3S. The van der Waals surface area contributed by atoms with Crippen LogP contribution in [0, 0.1) is 6.92 Å². The molecule has 2 amide bonds. The lowest BCUT2D eigenvalue weighted by Crippen LogP contribution is -2.48. The molecule has 2 aliphatic heterocycles. The molecule has 0 radical (unpaired) electrons. The Balaban J connectivity index is 1.43. The van der Waals surface area contributed by atoms with Crippen molar-refractivity contribution < 1.29 is 14.3 Å². The van der Waals surface area contributed by atoms with Crippen molar-refractivity contribution >= 4 is 34.2 Å². The third kappa shape index (κ3) is 3.24. The van der Waals surface area contributed by atoms with Gasteiger partial charge in [-0.05, 0) is 25.1 Å². The third-order valence-corrected chi connectivity index (χ3v) is 5.63. The number of anilines is 2. The lowest BCUT2D eigenvalue weighted by atomic mass is 10.1. The maximum Gasteiger partial charge on any atom is 0.414 e. The second-order valence-corrected chi connectivity index (χ2v) is 7.20. The van der Waals surface area contributed by atoms with Crippen LogP contribution in [0.4, 0.5) is 15.6 Å². The summed E-state index contributed by atoms with van der Waals surface area (Å²) >= 11 is 1.64. The van der Waals surface area contributed by atoms with Gasteiger partial charge < -0.3 is 14.5 Å². The molecule has 0 unspecified atom stereocenters. The number of piperazine rings is 1. The zero-order valence-electron chi connectivity index (χ0n) is 14.6. The molecule has 0 N–H and O–H groups in total. The molecule has 1 aromatic heterocycles. The Morgan fingerprint density at radius 2 is 2.00 bits per heavy atom. The SMILES string of the molecule is Cc1csc(N2CCN(C(=O)c3cccc(N4CCOC4=O)c3)CC2)n1. The van der Waals surface area contributed by atoms with E-state index in [-0.39, 0.29) is 12.0 Å². The first-order valence-corrected chi connectivity index (χ1v) is 9.50. The van der Waals surface area contributed by atoms with Crippen LogP contribution in [0.2, 0.25) is 0 Å². The monoisotopic (exact) mass is 372 g/mol. The molecule has 136 valence electrons. The summed E-state index contributed by atoms with van der Waals surface area (Å²) in [6, 6.07) is 7.20. The topological polar surface area (TPSA) is 66.0 Å². The number of rotatable bonds is 3. The van der Waals surface area contributed by atoms with Crippen molar-refractivity contribution in [2.24, 2.45) is 0 Å². The van der Waals surface area contributed by atoms with Crippen LogP contribution in [0.5, 0.6) is 0 Å². The smallest absolute Gasteiger partial charge is 0.414 e. The Bertz CT molecular complexity index is 829. The van der Waals surface area contributed by atoms with Gasteiger partial charge >= 0.3 is 6.09 Å². The van der Waals surface area contributed by atoms with Gasteiger partial charge in [-0.15, -0.1) is 11.3 Å². The molecule has 7 nitrogen and oxygen atoms in total. The first-order chi connectivity index (χ1) is 12.6. The highest BCUT2D eigenvalue weighted by Crippen LogP contribution is 2.23. The molecule has 2 fully saturated rings. The van der Waals surface area contributed by atoms with Gasteiger partial charge in [-0.25, -0.2) is 9.78 Å². The van der Waals surface area contributed by atoms with Crippen molar-refractivity contribution in [3.05, 3.63) is 40.9 Å². The van der Waals surface area contributed by atoms with E-state index >= 15 is 0 Å². The van der Waals surface area contributed by atoms with Gasteiger partial charge in [0.1, 0.15) is 6.61 Å². The number of cyclic esters (lactones) is 1. The maximum absolute atomic E-state index is 12.9. The van der Waals surface area contributed by atoms with E-state index in [0.29, 0.717) is 37.5 Å². The number of aromatic nitrogens is 1. The summed E-state index contributed by atoms with van der Waals surface area (Å²) in [5, 5.41) is 3.06. The number of amides is 2. The zero-order chi connectivity index (χ0) is 18.1. The van der Waals surface area contributed by atoms with Crippen molar-refractivity contribution in [1.82, 2.24) is 9.88 Å². The molecule has 0 aliphatic carbocycles. The highest BCUT2D eigenvalue weighted by Gasteiger charge is 2.26. The number of nitrogens with zero attached hydrogens (tertiary/aromatic N) is 4. The molecule has 8 heteroatoms. The van der Waals surface area contributed by atoms with E-state index in [9.17, 15) is 9.59 Å². The molecule has 0 spiro atoms. The minimum absolute atomic E-state index is 0.00520. The van der Waals surface area contributed by atoms with Gasteiger partial charge in [0, 0.05) is 42.8 Å². The summed E-state index contributed by atoms with van der Waals surface area (Å²) in [5.74, 6) is -0.00520. The summed E-state index contributed by atoms with van der Waals surface area (Å²) in [7, 11) is 0. The molecule has 0 bridgehead atoms. The quantitative estimate of drug-likeness (QED) is 0.828. The Hall–Kier alpha value is -2.61. The van der Waals surface area contributed by atoms with E-state index in [2.05, 4.69) is 9.88 Å². The summed E-state index contributed by atoms with van der Waals surface area (Å²) in [4.78, 5) is 34.7. The largest absolute Gasteiger partial charge is 0.447 e. The van der Waals surface area contributed by atoms with Gasteiger partial charge in [-0.2, -0.15) is 0 Å². The number of carbonyl (C=O) groups is 2. The van der Waals surface area contributed by atoms with Gasteiger partial charge in [0.25, 0.3) is 5.91 Å². The van der Waals surface area contributed by atoms with Gasteiger partial charge in [-0.1, -0.05) is 6.07 Å². The predicted octanol–water partition coefficient (Wildman–Crippen LogP) is 2.37. The second-order valence-electron chi connectivity index (χ2n) is 6.37. The van der Waals surface area contributed by atoms with Crippen LogP contribution >= 0.6 is 11.3 Å². The normalized spacial score (nSPS) is 17.6. The van der Waals surface area contributed by atoms with Crippen LogP contribution in [0.25, 0.3) is 0 Å². The number of ether oxygens (including phenoxy) is 1. The van der Waals surface area contributed by atoms with Crippen LogP contribution in [0.3, 0.4) is 0 Å². The highest BCUT2D eigenvalue weighted by molar-refractivity contribution is 7.13. The van der Waals surface area contributed by atoms with E-state index < -0.39 is 0 Å². The van der Waals surface area contributed by atoms with E-state index in [1.54, 1.807) is 28.4 Å². The number of hydrogen-bond acceptors (Lipinski definition) is 6. The third-order valence-electron chi connectivity index (χ3n) is 4.61. The molecule has 3 heterocycles. The van der Waals surface area contributed by atoms with Gasteiger partial charge in [0.2, 0.25) is 0 Å². The van der Waals surface area contributed by atoms with Crippen molar-refractivity contribution in [2.75, 3.05) is 49.1 Å². The summed E-state index contributed by atoms with van der Waals surface area (Å²) in [6.45, 7) is 5.76. The molecule has 0 atom stereocenters. The Kier molecular flexibility index (Phi) is 4.50. The fourth-order valence-electron chi connectivity index (χ4n) is 3.20. The molecule has 2 aliphatic rings. The van der Waals surface area contributed by atoms with Crippen molar-refractivity contribution in [3.8, 4) is 0 Å². The second kappa shape index (κ2) is 6.95. The van der Waals surface area contributed by atoms with Crippen molar-refractivity contribution in [2.45, 2.75) is 6.92 Å². The average Bonchev–Trinajstić information content (AvgIpc) is 3.30. The van der Waals surface area contributed by atoms with Crippen LogP contribution in [0.15, 0.2) is 29.6 Å². The molecule has 2 saturated heterocycles. The molecule has 0 saturated carbocycles. The van der Waals surface area contributed by atoms with Crippen LogP contribution in [0.1, 0.15) is 16.1 Å². The molecule has 26 heavy (non-hydrogen) atoms. The number of benzene rings is 1. The minimum Gasteiger partial charge on any atom is -0.447 e. The van der Waals surface area contributed by atoms with Gasteiger partial charge in [0.05, 0.1) is 12.2 Å². The number of hydrogen-bond donors (Lipinski definition) is 0. The first kappa shape index (κ1) is 16.8. The summed E-state index contributed by atoms with van der Waals surface area (Å²) in [5.41, 5.74) is 2.33. The Morgan fingerprint density at radius 1 is 1.19 bits per heavy atom. The van der Waals surface area contributed by atoms with E-state index in [0.717, 1.165) is 23.9 Å². The van der Waals surface area contributed by atoms with Crippen molar-refractivity contribution in [1.29, 1.82) is 0 Å². The molecule has 4 rings (SSSR count). The number of carbonyl (C=O) groups excluding carboxylic acids is 2. The molecule has 1 aromatic carbocycles. The van der Waals surface area contributed by atoms with E-state index in [4.69, 9.17) is 4.74 Å². The minimum atomic E-state index is -0.359. The number of aryl methyl sites for hydroxylation is 1. The van der Waals surface area contributed by atoms with Gasteiger partial charge in [0.15, 0.2) is 5.13 Å². The standard InChI is InChI=1S/C18H20N4O3S/c1-13-12-26-17(19-13)21-7-5-20(6-8-21)16(23)14-3-2-4-15(11-14)22-9-10-25-18(22)24/h2-4,11-12H,5-10H2,1H3. The number of thiazole rings is 1. The van der Waals surface area contributed by atoms with Gasteiger partial charge in [-0.3, -0.25) is 9.69 Å². The van der Waals surface area contributed by atoms with E-state index in [1.807, 2.05) is 29.3 Å². The predicted molar refractivity (Wildman–Crippen MR) is 100 cm³/mol. The summed E-state index contributed by atoms with van der Waals surface area (Å²) in [6.07, 6.45) is -0.359. The van der Waals surface area contributed by atoms with Crippen LogP contribution in [-0.2, 0) is 4.74 Å². The Morgan fingerprint density at radius 3 is 2.65 bits per heavy atom. The fraction of sp³-hybridized carbons (Fsp3) is 0.389. The van der Waals surface area contributed by atoms with E-state index in [1.165, 1.54) is 0 Å². The van der Waals surface area contributed by atoms with Crippen LogP contribution in [-0.4, -0.2) is 61.2 Å².